The van der Waals surface area contributed by atoms with Crippen molar-refractivity contribution in [1.82, 2.24) is 0 Å². The van der Waals surface area contributed by atoms with Crippen molar-refractivity contribution in [3.63, 3.8) is 0 Å². The number of rotatable bonds is 8. The van der Waals surface area contributed by atoms with Crippen molar-refractivity contribution < 1.29 is 13.6 Å². The molecular formula is C72H44N2O3. The third kappa shape index (κ3) is 6.81. The van der Waals surface area contributed by atoms with Gasteiger partial charge in [-0.3, -0.25) is 0 Å². The highest BCUT2D eigenvalue weighted by Gasteiger charge is 2.28. The molecule has 1 aliphatic heterocycles. The lowest BCUT2D eigenvalue weighted by atomic mass is 9.88. The number of anilines is 6. The lowest BCUT2D eigenvalue weighted by Crippen LogP contribution is -2.12. The second-order valence-corrected chi connectivity index (χ2v) is 19.9. The third-order valence-electron chi connectivity index (χ3n) is 15.6. The van der Waals surface area contributed by atoms with Crippen LogP contribution in [0.25, 0.3) is 110 Å². The maximum Gasteiger partial charge on any atom is 0.137 e. The molecule has 0 fully saturated rings. The average molecular weight is 985 g/mol. The van der Waals surface area contributed by atoms with E-state index in [1.165, 1.54) is 5.39 Å². The van der Waals surface area contributed by atoms with Gasteiger partial charge in [0.1, 0.15) is 33.8 Å². The highest BCUT2D eigenvalue weighted by Crippen LogP contribution is 2.54. The number of benzene rings is 13. The summed E-state index contributed by atoms with van der Waals surface area (Å²) < 4.78 is 19.9. The van der Waals surface area contributed by atoms with Crippen molar-refractivity contribution >= 4 is 110 Å². The summed E-state index contributed by atoms with van der Waals surface area (Å²) in [4.78, 5) is 4.80. The van der Waals surface area contributed by atoms with Crippen LogP contribution in [0.5, 0.6) is 11.5 Å². The molecule has 0 spiro atoms. The monoisotopic (exact) mass is 984 g/mol. The Morgan fingerprint density at radius 2 is 0.714 bits per heavy atom. The number of nitrogens with zero attached hydrogens (tertiary/aromatic N) is 2. The molecule has 0 amide bonds. The summed E-state index contributed by atoms with van der Waals surface area (Å²) in [6.07, 6.45) is 0. The molecule has 0 aliphatic carbocycles. The molecule has 2 aromatic heterocycles. The predicted molar refractivity (Wildman–Crippen MR) is 319 cm³/mol. The van der Waals surface area contributed by atoms with Crippen LogP contribution < -0.4 is 14.5 Å². The van der Waals surface area contributed by atoms with E-state index in [-0.39, 0.29) is 0 Å². The average Bonchev–Trinajstić information content (AvgIpc) is 4.07. The molecule has 5 heteroatoms. The first-order chi connectivity index (χ1) is 38.2. The Bertz CT molecular complexity index is 4860. The van der Waals surface area contributed by atoms with Gasteiger partial charge in [-0.1, -0.05) is 170 Å². The van der Waals surface area contributed by atoms with Crippen LogP contribution in [0.4, 0.5) is 34.1 Å². The molecule has 77 heavy (non-hydrogen) atoms. The van der Waals surface area contributed by atoms with Crippen LogP contribution in [0, 0.1) is 0 Å². The van der Waals surface area contributed by atoms with Gasteiger partial charge in [0.25, 0.3) is 0 Å². The summed E-state index contributed by atoms with van der Waals surface area (Å²) >= 11 is 0. The van der Waals surface area contributed by atoms with Crippen LogP contribution in [0.15, 0.2) is 276 Å². The van der Waals surface area contributed by atoms with E-state index in [1.807, 2.05) is 24.3 Å². The predicted octanol–water partition coefficient (Wildman–Crippen LogP) is 21.0. The fraction of sp³-hybridized carbons (Fsp3) is 0. The first kappa shape index (κ1) is 43.1. The summed E-state index contributed by atoms with van der Waals surface area (Å²) in [6, 6.07) is 95.3. The van der Waals surface area contributed by atoms with Crippen LogP contribution in [0.3, 0.4) is 0 Å². The number of hydrogen-bond acceptors (Lipinski definition) is 5. The maximum atomic E-state index is 7.17. The van der Waals surface area contributed by atoms with Crippen LogP contribution in [0.2, 0.25) is 0 Å². The van der Waals surface area contributed by atoms with Gasteiger partial charge in [-0.25, -0.2) is 0 Å². The summed E-state index contributed by atoms with van der Waals surface area (Å²) in [5, 5.41) is 11.1. The van der Waals surface area contributed by atoms with E-state index in [0.29, 0.717) is 0 Å². The number of furan rings is 2. The Labute approximate surface area is 443 Å². The molecule has 15 aromatic rings. The van der Waals surface area contributed by atoms with Gasteiger partial charge in [-0.15, -0.1) is 0 Å². The molecule has 0 saturated heterocycles. The highest BCUT2D eigenvalue weighted by atomic mass is 16.5. The van der Waals surface area contributed by atoms with E-state index in [9.17, 15) is 0 Å². The SMILES string of the molecule is c1ccc(-c2ccccc2N(c2ccc3c(c2)Oc2cccc4c2c-3cc2c3ccccc3c(N(c3ccc5oc6ccccc6c5c3)c3ccccc3-c3ccccc3)cc42)c2ccc3oc4ccccc4c3c2)cc1. The quantitative estimate of drug-likeness (QED) is 0.142. The molecule has 0 radical (unpaired) electrons. The van der Waals surface area contributed by atoms with Crippen molar-refractivity contribution in [3.05, 3.63) is 267 Å². The maximum absolute atomic E-state index is 7.17. The molecule has 0 saturated carbocycles. The van der Waals surface area contributed by atoms with Crippen LogP contribution in [0.1, 0.15) is 0 Å². The molecular weight excluding hydrogens is 941 g/mol. The number of ether oxygens (including phenoxy) is 1. The zero-order chi connectivity index (χ0) is 50.6. The lowest BCUT2D eigenvalue weighted by molar-refractivity contribution is 0.487. The zero-order valence-electron chi connectivity index (χ0n) is 41.5. The molecule has 0 unspecified atom stereocenters. The van der Waals surface area contributed by atoms with E-state index in [2.05, 4.69) is 252 Å². The van der Waals surface area contributed by atoms with Gasteiger partial charge in [0.05, 0.1) is 17.1 Å². The third-order valence-corrected chi connectivity index (χ3v) is 15.6. The summed E-state index contributed by atoms with van der Waals surface area (Å²) in [6.45, 7) is 0. The highest BCUT2D eigenvalue weighted by molar-refractivity contribution is 6.26. The summed E-state index contributed by atoms with van der Waals surface area (Å²) in [7, 11) is 0. The molecule has 0 N–H and O–H groups in total. The Hall–Kier alpha value is -10.4. The van der Waals surface area contributed by atoms with Crippen molar-refractivity contribution in [3.8, 4) is 44.9 Å². The molecule has 360 valence electrons. The van der Waals surface area contributed by atoms with Gasteiger partial charge >= 0.3 is 0 Å². The van der Waals surface area contributed by atoms with Crippen LogP contribution in [-0.4, -0.2) is 0 Å². The van der Waals surface area contributed by atoms with Crippen molar-refractivity contribution in [2.45, 2.75) is 0 Å². The van der Waals surface area contributed by atoms with Gasteiger partial charge < -0.3 is 23.4 Å². The van der Waals surface area contributed by atoms with Gasteiger partial charge in [0, 0.05) is 72.1 Å². The van der Waals surface area contributed by atoms with Gasteiger partial charge in [0.2, 0.25) is 0 Å². The fourth-order valence-electron chi connectivity index (χ4n) is 12.2. The first-order valence-electron chi connectivity index (χ1n) is 26.1. The molecule has 3 heterocycles. The van der Waals surface area contributed by atoms with E-state index >= 15 is 0 Å². The standard InChI is InChI=1S/C72H44N2O3/c1-3-18-45(19-4-1)50-22-9-13-29-63(50)73(47-35-38-68-60(40-47)54-26-11-15-31-66(54)75-68)49-34-37-56-62-43-58-52-24-7-8-25-53(52)65(44-59(58)57-28-17-33-70(72(57)62)77-71(56)42-49)74(64-30-14-10-23-51(64)46-20-5-2-6-21-46)48-36-39-69-61(41-48)55-27-12-16-32-67(55)76-69/h1-44H. The fourth-order valence-corrected chi connectivity index (χ4v) is 12.2. The van der Waals surface area contributed by atoms with Gasteiger partial charge in [-0.2, -0.15) is 0 Å². The summed E-state index contributed by atoms with van der Waals surface area (Å²) in [5.74, 6) is 1.62. The first-order valence-corrected chi connectivity index (χ1v) is 26.1. The smallest absolute Gasteiger partial charge is 0.137 e. The van der Waals surface area contributed by atoms with Gasteiger partial charge in [-0.05, 0) is 129 Å². The zero-order valence-corrected chi connectivity index (χ0v) is 41.5. The minimum atomic E-state index is 0.797. The van der Waals surface area contributed by atoms with Gasteiger partial charge in [0.15, 0.2) is 0 Å². The van der Waals surface area contributed by atoms with E-state index in [0.717, 1.165) is 150 Å². The second-order valence-electron chi connectivity index (χ2n) is 19.9. The summed E-state index contributed by atoms with van der Waals surface area (Å²) in [5.41, 5.74) is 16.4. The number of fused-ring (bicyclic) bond motifs is 12. The largest absolute Gasteiger partial charge is 0.456 e. The Morgan fingerprint density at radius 1 is 0.234 bits per heavy atom. The van der Waals surface area contributed by atoms with Crippen LogP contribution in [-0.2, 0) is 0 Å². The van der Waals surface area contributed by atoms with Crippen LogP contribution >= 0.6 is 0 Å². The molecule has 5 nitrogen and oxygen atoms in total. The van der Waals surface area contributed by atoms with E-state index in [4.69, 9.17) is 13.6 Å². The molecule has 0 atom stereocenters. The number of para-hydroxylation sites is 4. The molecule has 16 rings (SSSR count). The van der Waals surface area contributed by atoms with E-state index < -0.39 is 0 Å². The van der Waals surface area contributed by atoms with Crippen molar-refractivity contribution in [2.24, 2.45) is 0 Å². The molecule has 0 bridgehead atoms. The van der Waals surface area contributed by atoms with E-state index in [1.54, 1.807) is 0 Å². The normalized spacial score (nSPS) is 12.0. The Balaban J connectivity index is 0.905. The Morgan fingerprint density at radius 3 is 1.36 bits per heavy atom. The number of hydrogen-bond donors (Lipinski definition) is 0. The minimum Gasteiger partial charge on any atom is -0.456 e. The second kappa shape index (κ2) is 17.1. The molecule has 13 aromatic carbocycles. The topological polar surface area (TPSA) is 42.0 Å². The Kier molecular flexibility index (Phi) is 9.57. The van der Waals surface area contributed by atoms with Crippen molar-refractivity contribution in [2.75, 3.05) is 9.80 Å². The van der Waals surface area contributed by atoms with Crippen molar-refractivity contribution in [1.29, 1.82) is 0 Å². The minimum absolute atomic E-state index is 0.797. The lowest BCUT2D eigenvalue weighted by Gasteiger charge is -2.31. The molecule has 1 aliphatic rings.